The van der Waals surface area contributed by atoms with Crippen molar-refractivity contribution in [3.63, 3.8) is 0 Å². The lowest BCUT2D eigenvalue weighted by molar-refractivity contribution is -0.617. The van der Waals surface area contributed by atoms with Crippen LogP contribution in [0.1, 0.15) is 111 Å². The predicted molar refractivity (Wildman–Crippen MR) is 309 cm³/mol. The number of hydrogen-bond donors (Lipinski definition) is 0. The van der Waals surface area contributed by atoms with Crippen LogP contribution in [0, 0.1) is 6.92 Å². The molecular weight excluding hydrogens is 872 g/mol. The minimum atomic E-state index is -0.0634. The molecule has 2 aliphatic heterocycles. The van der Waals surface area contributed by atoms with Crippen LogP contribution in [0.5, 0.6) is 0 Å². The summed E-state index contributed by atoms with van der Waals surface area (Å²) in [4.78, 5) is 0. The molecule has 5 heteroatoms. The van der Waals surface area contributed by atoms with E-state index in [1.807, 2.05) is 0 Å². The van der Waals surface area contributed by atoms with Crippen LogP contribution < -0.4 is 21.0 Å². The molecule has 72 heavy (non-hydrogen) atoms. The first kappa shape index (κ1) is 43.7. The number of rotatable bonds is 1. The summed E-state index contributed by atoms with van der Waals surface area (Å²) in [6, 6.07) is 52.9. The Hall–Kier alpha value is -7.11. The molecule has 0 saturated heterocycles. The molecule has 4 nitrogen and oxygen atoms in total. The Kier molecular flexibility index (Phi) is 8.42. The third kappa shape index (κ3) is 5.68. The van der Waals surface area contributed by atoms with E-state index in [2.05, 4.69) is 249 Å². The molecule has 12 aromatic rings. The van der Waals surface area contributed by atoms with Gasteiger partial charge >= 0.3 is 0 Å². The molecule has 8 aromatic carbocycles. The Morgan fingerprint density at radius 1 is 0.431 bits per heavy atom. The van der Waals surface area contributed by atoms with E-state index in [4.69, 9.17) is 0 Å². The number of nitrogens with zero attached hydrogens (tertiary/aromatic N) is 4. The second kappa shape index (κ2) is 13.9. The fraction of sp³-hybridized carbons (Fsp3) is 0.269. The number of hydrogen-bond acceptors (Lipinski definition) is 0. The molecule has 0 N–H and O–H groups in total. The fourth-order valence-electron chi connectivity index (χ4n) is 13.3. The average molecular weight is 936 g/mol. The van der Waals surface area contributed by atoms with Gasteiger partial charge in [0.15, 0.2) is 11.0 Å². The summed E-state index contributed by atoms with van der Waals surface area (Å²) in [5.41, 5.74) is 25.9. The van der Waals surface area contributed by atoms with Gasteiger partial charge in [0.1, 0.15) is 5.52 Å². The minimum absolute atomic E-state index is 0.00372. The lowest BCUT2D eigenvalue weighted by atomic mass is 9.34. The van der Waals surface area contributed by atoms with E-state index in [1.54, 1.807) is 0 Å². The van der Waals surface area contributed by atoms with Crippen molar-refractivity contribution in [2.75, 3.05) is 0 Å². The molecular formula is C67H64BN4+. The number of aromatic nitrogens is 4. The topological polar surface area (TPSA) is 18.1 Å². The molecule has 0 aliphatic carbocycles. The Balaban J connectivity index is 1.21. The number of benzene rings is 8. The molecule has 0 atom stereocenters. The number of para-hydroxylation sites is 2. The van der Waals surface area contributed by atoms with Gasteiger partial charge in [0.25, 0.3) is 12.4 Å². The summed E-state index contributed by atoms with van der Waals surface area (Å²) in [5.74, 6) is 0. The van der Waals surface area contributed by atoms with Crippen molar-refractivity contribution in [2.24, 2.45) is 7.05 Å². The minimum Gasteiger partial charge on any atom is -0.310 e. The second-order valence-electron chi connectivity index (χ2n) is 25.8. The van der Waals surface area contributed by atoms with Gasteiger partial charge in [0, 0.05) is 60.3 Å². The maximum Gasteiger partial charge on any atom is 0.295 e. The van der Waals surface area contributed by atoms with E-state index in [1.165, 1.54) is 149 Å². The van der Waals surface area contributed by atoms with Gasteiger partial charge in [0.05, 0.1) is 23.5 Å². The van der Waals surface area contributed by atoms with E-state index in [-0.39, 0.29) is 28.4 Å². The Morgan fingerprint density at radius 3 is 1.47 bits per heavy atom. The standard InChI is InChI=1S/C67H64BN4/c1-37-19-17-22-45-44-20-15-16-23-52(44)72-62-43(21-18-24-55(62)69(14)63(72)58(37)45)38-29-56-59-57(30-38)71-54-28-26-40(65(5,6)7)32-47(54)49-34-42(67(11,12)13)36-51(61(49)71)68(59)50-35-41(66(8,9)10)33-48-46-31-39(64(2,3)4)25-27-53(46)70(56)60(48)50/h15-36H,1-14H3/q+1. The highest BCUT2D eigenvalue weighted by atomic mass is 15.1. The van der Waals surface area contributed by atoms with Gasteiger partial charge in [-0.25, -0.2) is 4.57 Å². The third-order valence-electron chi connectivity index (χ3n) is 17.1. The first-order chi connectivity index (χ1) is 34.1. The molecule has 0 spiro atoms. The Bertz CT molecular complexity index is 4260. The van der Waals surface area contributed by atoms with Crippen LogP contribution >= 0.6 is 0 Å². The second-order valence-corrected chi connectivity index (χ2v) is 25.8. The van der Waals surface area contributed by atoms with Crippen molar-refractivity contribution in [1.29, 1.82) is 0 Å². The molecule has 4 aromatic heterocycles. The van der Waals surface area contributed by atoms with Crippen LogP contribution in [0.3, 0.4) is 0 Å². The van der Waals surface area contributed by atoms with Crippen molar-refractivity contribution in [1.82, 2.24) is 13.5 Å². The lowest BCUT2D eigenvalue weighted by Crippen LogP contribution is -2.59. The Labute approximate surface area is 423 Å². The number of imidazole rings is 1. The van der Waals surface area contributed by atoms with Crippen molar-refractivity contribution >= 4 is 105 Å². The van der Waals surface area contributed by atoms with Crippen LogP contribution in [0.2, 0.25) is 0 Å². The molecule has 354 valence electrons. The van der Waals surface area contributed by atoms with Gasteiger partial charge < -0.3 is 9.13 Å². The van der Waals surface area contributed by atoms with Gasteiger partial charge in [-0.1, -0.05) is 150 Å². The molecule has 0 radical (unpaired) electrons. The van der Waals surface area contributed by atoms with Crippen molar-refractivity contribution in [3.8, 4) is 22.5 Å². The largest absolute Gasteiger partial charge is 0.310 e. The Morgan fingerprint density at radius 2 is 0.931 bits per heavy atom. The molecule has 14 rings (SSSR count). The van der Waals surface area contributed by atoms with Crippen molar-refractivity contribution in [2.45, 2.75) is 112 Å². The van der Waals surface area contributed by atoms with Crippen LogP contribution in [-0.2, 0) is 28.7 Å². The molecule has 0 fully saturated rings. The van der Waals surface area contributed by atoms with Gasteiger partial charge in [-0.3, -0.25) is 0 Å². The molecule has 0 amide bonds. The SMILES string of the molecule is Cc1cccc2c3ccccc3n3c4c(-c5cc6c7c(c5)-n5c8ccc(C(C)(C)C)cc8c8cc(C(C)(C)C)cc(c85)B7c5cc(C(C)(C)C)cc7c8cc(C(C)(C)C)ccc8n-6c57)cccc4[n+](C)c3c12. The number of fused-ring (bicyclic) bond motifs is 18. The van der Waals surface area contributed by atoms with Crippen molar-refractivity contribution in [3.05, 3.63) is 161 Å². The quantitative estimate of drug-likeness (QED) is 0.0887. The maximum absolute atomic E-state index is 2.68. The highest BCUT2D eigenvalue weighted by Crippen LogP contribution is 2.46. The molecule has 6 heterocycles. The summed E-state index contributed by atoms with van der Waals surface area (Å²) >= 11 is 0. The first-order valence-corrected chi connectivity index (χ1v) is 26.3. The summed E-state index contributed by atoms with van der Waals surface area (Å²) in [5, 5.41) is 9.21. The zero-order chi connectivity index (χ0) is 50.0. The van der Waals surface area contributed by atoms with Crippen LogP contribution in [0.25, 0.3) is 104 Å². The van der Waals surface area contributed by atoms with Crippen LogP contribution in [0.4, 0.5) is 0 Å². The molecule has 2 aliphatic rings. The normalized spacial score (nSPS) is 13.9. The van der Waals surface area contributed by atoms with Crippen LogP contribution in [0.15, 0.2) is 133 Å². The van der Waals surface area contributed by atoms with Gasteiger partial charge in [-0.2, -0.15) is 4.40 Å². The monoisotopic (exact) mass is 936 g/mol. The number of aryl methyl sites for hydroxylation is 2. The van der Waals surface area contributed by atoms with Gasteiger partial charge in [-0.05, 0) is 145 Å². The zero-order valence-electron chi connectivity index (χ0n) is 44.6. The van der Waals surface area contributed by atoms with Gasteiger partial charge in [0.2, 0.25) is 0 Å². The molecule has 0 saturated carbocycles. The fourth-order valence-corrected chi connectivity index (χ4v) is 13.3. The molecule has 0 bridgehead atoms. The van der Waals surface area contributed by atoms with E-state index in [0.29, 0.717) is 0 Å². The summed E-state index contributed by atoms with van der Waals surface area (Å²) in [6.07, 6.45) is 0. The van der Waals surface area contributed by atoms with E-state index >= 15 is 0 Å². The predicted octanol–water partition coefficient (Wildman–Crippen LogP) is 14.7. The first-order valence-electron chi connectivity index (χ1n) is 26.3. The van der Waals surface area contributed by atoms with Gasteiger partial charge in [-0.15, -0.1) is 0 Å². The average Bonchev–Trinajstić information content (AvgIpc) is 3.96. The number of pyridine rings is 1. The third-order valence-corrected chi connectivity index (χ3v) is 17.1. The highest BCUT2D eigenvalue weighted by molar-refractivity contribution is 7.00. The van der Waals surface area contributed by atoms with E-state index in [0.717, 1.165) is 0 Å². The maximum atomic E-state index is 2.68. The van der Waals surface area contributed by atoms with E-state index < -0.39 is 0 Å². The summed E-state index contributed by atoms with van der Waals surface area (Å²) < 4.78 is 10.4. The smallest absolute Gasteiger partial charge is 0.295 e. The highest BCUT2D eigenvalue weighted by Gasteiger charge is 2.43. The molecule has 0 unspecified atom stereocenters. The zero-order valence-corrected chi connectivity index (χ0v) is 44.6. The summed E-state index contributed by atoms with van der Waals surface area (Å²) in [7, 11) is 2.26. The summed E-state index contributed by atoms with van der Waals surface area (Å²) in [6.45, 7) is 30.7. The van der Waals surface area contributed by atoms with Crippen molar-refractivity contribution < 1.29 is 4.57 Å². The van der Waals surface area contributed by atoms with Crippen LogP contribution in [-0.4, -0.2) is 20.2 Å². The lowest BCUT2D eigenvalue weighted by Gasteiger charge is -2.36. The van der Waals surface area contributed by atoms with E-state index in [9.17, 15) is 0 Å².